The van der Waals surface area contributed by atoms with Crippen molar-refractivity contribution < 1.29 is 4.74 Å². The molecule has 2 heterocycles. The van der Waals surface area contributed by atoms with E-state index < -0.39 is 0 Å². The van der Waals surface area contributed by atoms with E-state index in [0.29, 0.717) is 5.92 Å². The monoisotopic (exact) mass is 251 g/mol. The van der Waals surface area contributed by atoms with Crippen LogP contribution in [0.5, 0.6) is 0 Å². The van der Waals surface area contributed by atoms with E-state index in [0.717, 1.165) is 26.2 Å². The molecule has 0 aromatic carbocycles. The Kier molecular flexibility index (Phi) is 4.40. The molecule has 1 aliphatic heterocycles. The van der Waals surface area contributed by atoms with Crippen LogP contribution in [0.25, 0.3) is 0 Å². The fraction of sp³-hybridized carbons (Fsp3) is 0.786. The van der Waals surface area contributed by atoms with Gasteiger partial charge in [-0.1, -0.05) is 0 Å². The van der Waals surface area contributed by atoms with Gasteiger partial charge in [-0.25, -0.2) is 4.98 Å². The molecule has 18 heavy (non-hydrogen) atoms. The Morgan fingerprint density at radius 3 is 2.83 bits per heavy atom. The Hall–Kier alpha value is -0.870. The van der Waals surface area contributed by atoms with Crippen LogP contribution in [0.15, 0.2) is 12.5 Å². The highest BCUT2D eigenvalue weighted by molar-refractivity contribution is 5.08. The van der Waals surface area contributed by atoms with Crippen molar-refractivity contribution in [3.05, 3.63) is 18.2 Å². The molecule has 1 aromatic rings. The van der Waals surface area contributed by atoms with Crippen LogP contribution < -0.4 is 5.32 Å². The number of piperidine rings is 1. The normalized spacial score (nSPS) is 18.2. The Labute approximate surface area is 110 Å². The van der Waals surface area contributed by atoms with Gasteiger partial charge in [0.15, 0.2) is 0 Å². The van der Waals surface area contributed by atoms with Crippen molar-refractivity contribution in [2.24, 2.45) is 0 Å². The number of nitrogens with zero attached hydrogens (tertiary/aromatic N) is 2. The summed E-state index contributed by atoms with van der Waals surface area (Å²) in [5.41, 5.74) is 1.24. The molecule has 0 saturated carbocycles. The van der Waals surface area contributed by atoms with E-state index in [9.17, 15) is 0 Å². The molecule has 1 aromatic heterocycles. The zero-order chi connectivity index (χ0) is 13.0. The molecule has 0 unspecified atom stereocenters. The largest absolute Gasteiger partial charge is 0.374 e. The summed E-state index contributed by atoms with van der Waals surface area (Å²) < 4.78 is 8.05. The molecular weight excluding hydrogens is 226 g/mol. The molecule has 0 amide bonds. The molecule has 1 saturated heterocycles. The third-order valence-corrected chi connectivity index (χ3v) is 3.59. The Morgan fingerprint density at radius 2 is 2.17 bits per heavy atom. The molecular formula is C14H25N3O. The van der Waals surface area contributed by atoms with Gasteiger partial charge >= 0.3 is 0 Å². The van der Waals surface area contributed by atoms with Crippen molar-refractivity contribution in [3.8, 4) is 0 Å². The molecule has 0 atom stereocenters. The molecule has 102 valence electrons. The van der Waals surface area contributed by atoms with Gasteiger partial charge in [-0.2, -0.15) is 0 Å². The van der Waals surface area contributed by atoms with E-state index >= 15 is 0 Å². The van der Waals surface area contributed by atoms with E-state index in [1.54, 1.807) is 0 Å². The second-order valence-electron chi connectivity index (χ2n) is 5.66. The maximum absolute atomic E-state index is 5.78. The lowest BCUT2D eigenvalue weighted by Crippen LogP contribution is -2.32. The Balaban J connectivity index is 2.07. The number of imidazole rings is 1. The Morgan fingerprint density at radius 1 is 1.44 bits per heavy atom. The minimum atomic E-state index is -0.128. The average molecular weight is 251 g/mol. The van der Waals surface area contributed by atoms with Crippen molar-refractivity contribution in [3.63, 3.8) is 0 Å². The molecule has 0 bridgehead atoms. The summed E-state index contributed by atoms with van der Waals surface area (Å²) in [6.07, 6.45) is 6.39. The highest BCUT2D eigenvalue weighted by Crippen LogP contribution is 2.26. The first-order chi connectivity index (χ1) is 8.62. The van der Waals surface area contributed by atoms with Crippen LogP contribution in [0.4, 0.5) is 0 Å². The van der Waals surface area contributed by atoms with Gasteiger partial charge in [0.1, 0.15) is 0 Å². The predicted molar refractivity (Wildman–Crippen MR) is 72.8 cm³/mol. The van der Waals surface area contributed by atoms with E-state index in [-0.39, 0.29) is 5.60 Å². The summed E-state index contributed by atoms with van der Waals surface area (Å²) in [6, 6.07) is 0. The van der Waals surface area contributed by atoms with Crippen molar-refractivity contribution in [1.29, 1.82) is 0 Å². The summed E-state index contributed by atoms with van der Waals surface area (Å²) >= 11 is 0. The first kappa shape index (κ1) is 13.6. The molecule has 4 heteroatoms. The summed E-state index contributed by atoms with van der Waals surface area (Å²) in [5, 5.41) is 3.41. The zero-order valence-corrected chi connectivity index (χ0v) is 11.8. The molecule has 1 aliphatic rings. The lowest BCUT2D eigenvalue weighted by molar-refractivity contribution is -0.0230. The number of hydrogen-bond acceptors (Lipinski definition) is 3. The third-order valence-electron chi connectivity index (χ3n) is 3.59. The topological polar surface area (TPSA) is 39.1 Å². The zero-order valence-electron chi connectivity index (χ0n) is 11.8. The van der Waals surface area contributed by atoms with E-state index in [4.69, 9.17) is 4.74 Å². The molecule has 4 nitrogen and oxygen atoms in total. The van der Waals surface area contributed by atoms with Gasteiger partial charge in [0.05, 0.1) is 18.5 Å². The van der Waals surface area contributed by atoms with Gasteiger partial charge in [-0.3, -0.25) is 0 Å². The van der Waals surface area contributed by atoms with E-state index in [1.165, 1.54) is 18.5 Å². The fourth-order valence-electron chi connectivity index (χ4n) is 2.77. The highest BCUT2D eigenvalue weighted by Gasteiger charge is 2.23. The summed E-state index contributed by atoms with van der Waals surface area (Å²) in [4.78, 5) is 4.33. The molecule has 0 aliphatic carbocycles. The van der Waals surface area contributed by atoms with Gasteiger partial charge in [-0.15, -0.1) is 0 Å². The molecule has 1 N–H and O–H groups in total. The van der Waals surface area contributed by atoms with Crippen molar-refractivity contribution in [1.82, 2.24) is 14.9 Å². The van der Waals surface area contributed by atoms with Gasteiger partial charge in [-0.05, 0) is 46.7 Å². The van der Waals surface area contributed by atoms with Crippen LogP contribution in [0.3, 0.4) is 0 Å². The lowest BCUT2D eigenvalue weighted by Gasteiger charge is -2.29. The lowest BCUT2D eigenvalue weighted by atomic mass is 9.94. The second-order valence-corrected chi connectivity index (χ2v) is 5.66. The van der Waals surface area contributed by atoms with Crippen LogP contribution >= 0.6 is 0 Å². The van der Waals surface area contributed by atoms with Gasteiger partial charge in [0.25, 0.3) is 0 Å². The maximum atomic E-state index is 5.78. The summed E-state index contributed by atoms with van der Waals surface area (Å²) in [5.74, 6) is 0.645. The first-order valence-corrected chi connectivity index (χ1v) is 6.97. The standard InChI is InChI=1S/C14H25N3O/c1-4-18-14(2,3)10-17-11-16-9-13(17)12-5-7-15-8-6-12/h9,11-12,15H,4-8,10H2,1-3H3. The van der Waals surface area contributed by atoms with Crippen LogP contribution in [-0.2, 0) is 11.3 Å². The molecule has 0 spiro atoms. The van der Waals surface area contributed by atoms with Crippen LogP contribution in [0.2, 0.25) is 0 Å². The van der Waals surface area contributed by atoms with Gasteiger partial charge in [0.2, 0.25) is 0 Å². The average Bonchev–Trinajstić information content (AvgIpc) is 2.77. The van der Waals surface area contributed by atoms with Gasteiger partial charge in [0, 0.05) is 24.4 Å². The predicted octanol–water partition coefficient (Wildman–Crippen LogP) is 2.17. The minimum Gasteiger partial charge on any atom is -0.374 e. The number of rotatable bonds is 5. The minimum absolute atomic E-state index is 0.128. The second kappa shape index (κ2) is 5.85. The Bertz CT molecular complexity index is 367. The molecule has 2 rings (SSSR count). The van der Waals surface area contributed by atoms with E-state index in [1.807, 2.05) is 19.4 Å². The van der Waals surface area contributed by atoms with Crippen molar-refractivity contribution >= 4 is 0 Å². The van der Waals surface area contributed by atoms with Crippen LogP contribution in [0, 0.1) is 0 Å². The van der Waals surface area contributed by atoms with Crippen LogP contribution in [-0.4, -0.2) is 34.8 Å². The quantitative estimate of drug-likeness (QED) is 0.871. The molecule has 1 fully saturated rings. The number of hydrogen-bond donors (Lipinski definition) is 1. The van der Waals surface area contributed by atoms with Crippen molar-refractivity contribution in [2.45, 2.75) is 51.7 Å². The highest BCUT2D eigenvalue weighted by atomic mass is 16.5. The number of nitrogens with one attached hydrogen (secondary N) is 1. The third kappa shape index (κ3) is 3.33. The summed E-state index contributed by atoms with van der Waals surface area (Å²) in [6.45, 7) is 10.2. The number of ether oxygens (including phenoxy) is 1. The van der Waals surface area contributed by atoms with E-state index in [2.05, 4.69) is 28.7 Å². The van der Waals surface area contributed by atoms with Crippen molar-refractivity contribution in [2.75, 3.05) is 19.7 Å². The SMILES string of the molecule is CCOC(C)(C)Cn1cncc1C1CCNCC1. The molecule has 0 radical (unpaired) electrons. The van der Waals surface area contributed by atoms with Crippen LogP contribution in [0.1, 0.15) is 45.2 Å². The maximum Gasteiger partial charge on any atom is 0.0949 e. The fourth-order valence-corrected chi connectivity index (χ4v) is 2.77. The van der Waals surface area contributed by atoms with Gasteiger partial charge < -0.3 is 14.6 Å². The smallest absolute Gasteiger partial charge is 0.0949 e. The first-order valence-electron chi connectivity index (χ1n) is 6.97. The number of aromatic nitrogens is 2. The summed E-state index contributed by atoms with van der Waals surface area (Å²) in [7, 11) is 0.